The average molecular weight is 627 g/mol. The number of urea groups is 1. The molecule has 10 heteroatoms. The molecule has 2 aliphatic rings. The molecule has 0 bridgehead atoms. The van der Waals surface area contributed by atoms with Crippen LogP contribution in [0.15, 0.2) is 72.8 Å². The van der Waals surface area contributed by atoms with Crippen LogP contribution >= 0.6 is 23.2 Å². The van der Waals surface area contributed by atoms with E-state index in [4.69, 9.17) is 27.9 Å². The predicted octanol–water partition coefficient (Wildman–Crippen LogP) is 6.79. The Morgan fingerprint density at radius 1 is 0.907 bits per heavy atom. The van der Waals surface area contributed by atoms with Crippen molar-refractivity contribution in [1.82, 2.24) is 15.5 Å². The zero-order valence-electron chi connectivity index (χ0n) is 23.8. The number of rotatable bonds is 7. The summed E-state index contributed by atoms with van der Waals surface area (Å²) in [6.07, 6.45) is 4.78. The van der Waals surface area contributed by atoms with E-state index in [-0.39, 0.29) is 23.4 Å². The Bertz CT molecular complexity index is 1450. The van der Waals surface area contributed by atoms with Crippen LogP contribution in [0.4, 0.5) is 9.18 Å². The van der Waals surface area contributed by atoms with Crippen molar-refractivity contribution < 1.29 is 23.5 Å². The highest BCUT2D eigenvalue weighted by molar-refractivity contribution is 6.42. The molecule has 1 saturated carbocycles. The van der Waals surface area contributed by atoms with Crippen LogP contribution in [0, 0.1) is 11.7 Å². The van der Waals surface area contributed by atoms with Gasteiger partial charge in [0.1, 0.15) is 11.9 Å². The minimum absolute atomic E-state index is 0.0500. The number of nitrogens with zero attached hydrogens (tertiary/aromatic N) is 1. The maximum Gasteiger partial charge on any atom is 0.318 e. The SMILES string of the molecule is COC(=O)C1C(c2ccccc2)C(C(=O)NCc2ccc(F)cc2)N(C(=O)NC2CCCCC2)C1c1ccc(Cl)c(Cl)c1. The van der Waals surface area contributed by atoms with Crippen molar-refractivity contribution in [2.75, 3.05) is 7.11 Å². The van der Waals surface area contributed by atoms with Gasteiger partial charge in [-0.15, -0.1) is 0 Å². The van der Waals surface area contributed by atoms with Crippen molar-refractivity contribution in [2.24, 2.45) is 5.92 Å². The molecule has 226 valence electrons. The first kappa shape index (κ1) is 30.8. The van der Waals surface area contributed by atoms with E-state index in [0.717, 1.165) is 32.1 Å². The van der Waals surface area contributed by atoms with Gasteiger partial charge in [0.05, 0.1) is 29.1 Å². The fourth-order valence-corrected chi connectivity index (χ4v) is 6.69. The summed E-state index contributed by atoms with van der Waals surface area (Å²) in [4.78, 5) is 43.7. The Kier molecular flexibility index (Phi) is 9.88. The van der Waals surface area contributed by atoms with Crippen LogP contribution in [0.3, 0.4) is 0 Å². The number of methoxy groups -OCH3 is 1. The number of likely N-dealkylation sites (tertiary alicyclic amines) is 1. The fourth-order valence-electron chi connectivity index (χ4n) is 6.39. The van der Waals surface area contributed by atoms with Crippen LogP contribution < -0.4 is 10.6 Å². The number of amides is 3. The monoisotopic (exact) mass is 625 g/mol. The molecule has 4 atom stereocenters. The van der Waals surface area contributed by atoms with Gasteiger partial charge in [0, 0.05) is 18.5 Å². The lowest BCUT2D eigenvalue weighted by atomic mass is 9.80. The highest BCUT2D eigenvalue weighted by Crippen LogP contribution is 2.51. The Labute approximate surface area is 260 Å². The maximum atomic E-state index is 14.3. The molecule has 43 heavy (non-hydrogen) atoms. The molecule has 1 heterocycles. The maximum absolute atomic E-state index is 14.3. The molecule has 5 rings (SSSR count). The number of hydrogen-bond acceptors (Lipinski definition) is 4. The zero-order chi connectivity index (χ0) is 30.5. The van der Waals surface area contributed by atoms with Gasteiger partial charge < -0.3 is 20.3 Å². The summed E-state index contributed by atoms with van der Waals surface area (Å²) < 4.78 is 18.8. The summed E-state index contributed by atoms with van der Waals surface area (Å²) in [5.41, 5.74) is 1.95. The summed E-state index contributed by atoms with van der Waals surface area (Å²) in [6, 6.07) is 17.5. The Hall–Kier alpha value is -3.62. The number of nitrogens with one attached hydrogen (secondary N) is 2. The number of hydrogen-bond donors (Lipinski definition) is 2. The fraction of sp³-hybridized carbons (Fsp3) is 0.364. The number of carbonyl (C=O) groups is 3. The predicted molar refractivity (Wildman–Crippen MR) is 163 cm³/mol. The summed E-state index contributed by atoms with van der Waals surface area (Å²) in [5, 5.41) is 6.68. The lowest BCUT2D eigenvalue weighted by Gasteiger charge is -2.34. The minimum atomic E-state index is -1.09. The normalized spacial score (nSPS) is 22.2. The molecule has 1 aliphatic heterocycles. The van der Waals surface area contributed by atoms with E-state index in [1.807, 2.05) is 30.3 Å². The smallest absolute Gasteiger partial charge is 0.318 e. The molecular formula is C33H34Cl2FN3O4. The van der Waals surface area contributed by atoms with Crippen molar-refractivity contribution in [3.05, 3.63) is 105 Å². The molecule has 3 amide bonds. The largest absolute Gasteiger partial charge is 0.469 e. The molecule has 2 N–H and O–H groups in total. The molecule has 4 unspecified atom stereocenters. The van der Waals surface area contributed by atoms with Crippen molar-refractivity contribution in [2.45, 2.75) is 62.7 Å². The van der Waals surface area contributed by atoms with Crippen molar-refractivity contribution in [1.29, 1.82) is 0 Å². The standard InChI is InChI=1S/C33H34Cl2FN3O4/c1-43-32(41)28-27(21-8-4-2-5-9-21)30(31(40)37-19-20-12-15-23(36)16-13-20)39(33(42)38-24-10-6-3-7-11-24)29(28)22-14-17-25(34)26(35)18-22/h2,4-5,8-9,12-18,24,27-30H,3,6-7,10-11,19H2,1H3,(H,37,40)(H,38,42). The molecule has 3 aromatic carbocycles. The van der Waals surface area contributed by atoms with Gasteiger partial charge in [-0.25, -0.2) is 9.18 Å². The van der Waals surface area contributed by atoms with Gasteiger partial charge in [0.2, 0.25) is 5.91 Å². The second-order valence-corrected chi connectivity index (χ2v) is 11.9. The summed E-state index contributed by atoms with van der Waals surface area (Å²) in [5.74, 6) is -3.09. The van der Waals surface area contributed by atoms with Crippen LogP contribution in [0.1, 0.15) is 60.8 Å². The molecule has 1 saturated heterocycles. The summed E-state index contributed by atoms with van der Waals surface area (Å²) in [7, 11) is 1.30. The van der Waals surface area contributed by atoms with E-state index in [1.54, 1.807) is 30.3 Å². The zero-order valence-corrected chi connectivity index (χ0v) is 25.3. The highest BCUT2D eigenvalue weighted by Gasteiger charge is 2.58. The first-order valence-electron chi connectivity index (χ1n) is 14.5. The van der Waals surface area contributed by atoms with Crippen LogP contribution in [0.5, 0.6) is 0 Å². The number of halogens is 3. The molecular weight excluding hydrogens is 592 g/mol. The summed E-state index contributed by atoms with van der Waals surface area (Å²) in [6.45, 7) is 0.107. The van der Waals surface area contributed by atoms with Crippen molar-refractivity contribution in [3.63, 3.8) is 0 Å². The van der Waals surface area contributed by atoms with Gasteiger partial charge in [0.15, 0.2) is 0 Å². The lowest BCUT2D eigenvalue weighted by molar-refractivity contribution is -0.146. The van der Waals surface area contributed by atoms with Gasteiger partial charge in [-0.1, -0.05) is 91.0 Å². The Morgan fingerprint density at radius 2 is 1.60 bits per heavy atom. The van der Waals surface area contributed by atoms with E-state index in [1.165, 1.54) is 24.1 Å². The van der Waals surface area contributed by atoms with Gasteiger partial charge in [-0.2, -0.15) is 0 Å². The third-order valence-corrected chi connectivity index (χ3v) is 9.16. The number of carbonyl (C=O) groups excluding carboxylic acids is 3. The van der Waals surface area contributed by atoms with E-state index in [0.29, 0.717) is 21.7 Å². The number of esters is 1. The van der Waals surface area contributed by atoms with Crippen LogP contribution in [-0.4, -0.2) is 42.0 Å². The van der Waals surface area contributed by atoms with E-state index in [9.17, 15) is 18.8 Å². The van der Waals surface area contributed by atoms with Crippen LogP contribution in [-0.2, 0) is 20.9 Å². The Morgan fingerprint density at radius 3 is 2.26 bits per heavy atom. The van der Waals surface area contributed by atoms with Gasteiger partial charge in [-0.3, -0.25) is 9.59 Å². The molecule has 3 aromatic rings. The Balaban J connectivity index is 1.62. The molecule has 0 radical (unpaired) electrons. The molecule has 7 nitrogen and oxygen atoms in total. The van der Waals surface area contributed by atoms with Crippen LogP contribution in [0.25, 0.3) is 0 Å². The quantitative estimate of drug-likeness (QED) is 0.283. The van der Waals surface area contributed by atoms with Crippen LogP contribution in [0.2, 0.25) is 10.0 Å². The van der Waals surface area contributed by atoms with Gasteiger partial charge in [-0.05, 0) is 53.8 Å². The topological polar surface area (TPSA) is 87.7 Å². The average Bonchev–Trinajstić information content (AvgIpc) is 3.39. The molecule has 2 fully saturated rings. The van der Waals surface area contributed by atoms with Crippen molar-refractivity contribution >= 4 is 41.1 Å². The van der Waals surface area contributed by atoms with E-state index in [2.05, 4.69) is 10.6 Å². The van der Waals surface area contributed by atoms with Crippen molar-refractivity contribution in [3.8, 4) is 0 Å². The second kappa shape index (κ2) is 13.8. The summed E-state index contributed by atoms with van der Waals surface area (Å²) >= 11 is 12.7. The molecule has 1 aliphatic carbocycles. The minimum Gasteiger partial charge on any atom is -0.469 e. The van der Waals surface area contributed by atoms with E-state index >= 15 is 0 Å². The molecule has 0 spiro atoms. The lowest BCUT2D eigenvalue weighted by Crippen LogP contribution is -2.53. The first-order chi connectivity index (χ1) is 20.8. The highest BCUT2D eigenvalue weighted by atomic mass is 35.5. The molecule has 0 aromatic heterocycles. The third kappa shape index (κ3) is 6.81. The third-order valence-electron chi connectivity index (χ3n) is 8.43. The number of benzene rings is 3. The van der Waals surface area contributed by atoms with Gasteiger partial charge in [0.25, 0.3) is 0 Å². The number of ether oxygens (including phenoxy) is 1. The second-order valence-electron chi connectivity index (χ2n) is 11.1. The first-order valence-corrected chi connectivity index (χ1v) is 15.2. The van der Waals surface area contributed by atoms with E-state index < -0.39 is 41.8 Å². The van der Waals surface area contributed by atoms with Gasteiger partial charge >= 0.3 is 12.0 Å².